The highest BCUT2D eigenvalue weighted by atomic mass is 79.9. The molecule has 3 rings (SSSR count). The van der Waals surface area contributed by atoms with E-state index in [0.717, 1.165) is 22.0 Å². The minimum atomic E-state index is 0.535. The molecule has 1 heterocycles. The van der Waals surface area contributed by atoms with Gasteiger partial charge in [0.25, 0.3) is 0 Å². The second kappa shape index (κ2) is 5.84. The molecule has 0 saturated heterocycles. The number of carbonyl (C=O) groups is 1. The van der Waals surface area contributed by atoms with Crippen LogP contribution in [0.3, 0.4) is 0 Å². The third-order valence-corrected chi connectivity index (χ3v) is 4.01. The van der Waals surface area contributed by atoms with Gasteiger partial charge in [-0.05, 0) is 40.2 Å². The van der Waals surface area contributed by atoms with Gasteiger partial charge in [0, 0.05) is 21.3 Å². The summed E-state index contributed by atoms with van der Waals surface area (Å²) in [6.07, 6.45) is 2.53. The van der Waals surface area contributed by atoms with Gasteiger partial charge >= 0.3 is 0 Å². The van der Waals surface area contributed by atoms with E-state index in [0.29, 0.717) is 16.3 Å². The highest BCUT2D eigenvalue weighted by molar-refractivity contribution is 9.10. The van der Waals surface area contributed by atoms with Crippen LogP contribution in [0.25, 0.3) is 16.9 Å². The lowest BCUT2D eigenvalue weighted by atomic mass is 10.1. The van der Waals surface area contributed by atoms with Gasteiger partial charge in [-0.1, -0.05) is 35.9 Å². The minimum Gasteiger partial charge on any atom is -0.298 e. The predicted molar refractivity (Wildman–Crippen MR) is 87.1 cm³/mol. The zero-order chi connectivity index (χ0) is 14.8. The maximum atomic E-state index is 11.3. The first-order chi connectivity index (χ1) is 10.2. The predicted octanol–water partition coefficient (Wildman–Crippen LogP) is 4.77. The van der Waals surface area contributed by atoms with Crippen molar-refractivity contribution in [2.75, 3.05) is 0 Å². The Bertz CT molecular complexity index is 796. The molecule has 0 aliphatic heterocycles. The van der Waals surface area contributed by atoms with Crippen molar-refractivity contribution in [3.05, 3.63) is 69.8 Å². The zero-order valence-electron chi connectivity index (χ0n) is 10.8. The smallest absolute Gasteiger partial charge is 0.153 e. The van der Waals surface area contributed by atoms with Crippen LogP contribution < -0.4 is 0 Å². The quantitative estimate of drug-likeness (QED) is 0.630. The second-order valence-electron chi connectivity index (χ2n) is 4.45. The van der Waals surface area contributed by atoms with Gasteiger partial charge in [-0.25, -0.2) is 4.68 Å². The third kappa shape index (κ3) is 2.77. The highest BCUT2D eigenvalue weighted by Gasteiger charge is 2.12. The van der Waals surface area contributed by atoms with Gasteiger partial charge in [0.15, 0.2) is 6.29 Å². The summed E-state index contributed by atoms with van der Waals surface area (Å²) in [6, 6.07) is 15.0. The molecule has 0 radical (unpaired) electrons. The molecule has 0 aliphatic carbocycles. The first-order valence-corrected chi connectivity index (χ1v) is 7.42. The summed E-state index contributed by atoms with van der Waals surface area (Å²) in [5, 5.41) is 5.17. The lowest BCUT2D eigenvalue weighted by Gasteiger charge is -2.03. The number of para-hydroxylation sites is 1. The van der Waals surface area contributed by atoms with Gasteiger partial charge < -0.3 is 0 Å². The molecule has 2 aromatic carbocycles. The van der Waals surface area contributed by atoms with Gasteiger partial charge in [0.05, 0.1) is 11.3 Å². The highest BCUT2D eigenvalue weighted by Crippen LogP contribution is 2.26. The van der Waals surface area contributed by atoms with E-state index in [1.165, 1.54) is 0 Å². The van der Waals surface area contributed by atoms with Crippen LogP contribution in [0.2, 0.25) is 5.02 Å². The van der Waals surface area contributed by atoms with Crippen LogP contribution in [-0.4, -0.2) is 16.1 Å². The molecule has 0 amide bonds. The van der Waals surface area contributed by atoms with Crippen LogP contribution in [0.4, 0.5) is 0 Å². The number of aromatic nitrogens is 2. The summed E-state index contributed by atoms with van der Waals surface area (Å²) < 4.78 is 2.60. The van der Waals surface area contributed by atoms with E-state index < -0.39 is 0 Å². The average molecular weight is 362 g/mol. The summed E-state index contributed by atoms with van der Waals surface area (Å²) in [4.78, 5) is 11.3. The van der Waals surface area contributed by atoms with Gasteiger partial charge in [0.1, 0.15) is 5.69 Å². The summed E-state index contributed by atoms with van der Waals surface area (Å²) in [5.41, 5.74) is 2.90. The molecule has 21 heavy (non-hydrogen) atoms. The Hall–Kier alpha value is -1.91. The summed E-state index contributed by atoms with van der Waals surface area (Å²) >= 11 is 9.38. The van der Waals surface area contributed by atoms with Crippen molar-refractivity contribution in [3.63, 3.8) is 0 Å². The molecule has 0 saturated carbocycles. The Morgan fingerprint density at radius 1 is 1.10 bits per heavy atom. The molecule has 0 N–H and O–H groups in total. The van der Waals surface area contributed by atoms with Crippen molar-refractivity contribution in [1.82, 2.24) is 9.78 Å². The van der Waals surface area contributed by atoms with Crippen LogP contribution in [0, 0.1) is 0 Å². The van der Waals surface area contributed by atoms with E-state index in [2.05, 4.69) is 21.0 Å². The van der Waals surface area contributed by atoms with Gasteiger partial charge in [0.2, 0.25) is 0 Å². The third-order valence-electron chi connectivity index (χ3n) is 3.09. The Morgan fingerprint density at radius 3 is 2.48 bits per heavy atom. The largest absolute Gasteiger partial charge is 0.298 e. The molecular weight excluding hydrogens is 352 g/mol. The fourth-order valence-corrected chi connectivity index (χ4v) is 2.66. The van der Waals surface area contributed by atoms with E-state index in [4.69, 9.17) is 11.6 Å². The molecule has 0 spiro atoms. The molecule has 0 aliphatic rings. The standard InChI is InChI=1S/C16H10BrClN2O/c17-14-3-1-2-4-15(14)20-9-12(10-21)16(19-20)11-5-7-13(18)8-6-11/h1-10H. The fraction of sp³-hybridized carbons (Fsp3) is 0. The molecule has 0 atom stereocenters. The Labute approximate surface area is 135 Å². The van der Waals surface area contributed by atoms with Crippen LogP contribution >= 0.6 is 27.5 Å². The number of benzene rings is 2. The minimum absolute atomic E-state index is 0.535. The zero-order valence-corrected chi connectivity index (χ0v) is 13.2. The number of halogens is 2. The van der Waals surface area contributed by atoms with Crippen molar-refractivity contribution in [2.45, 2.75) is 0 Å². The number of carbonyl (C=O) groups excluding carboxylic acids is 1. The van der Waals surface area contributed by atoms with Crippen LogP contribution in [-0.2, 0) is 0 Å². The Morgan fingerprint density at radius 2 is 1.81 bits per heavy atom. The monoisotopic (exact) mass is 360 g/mol. The van der Waals surface area contributed by atoms with Gasteiger partial charge in [-0.15, -0.1) is 0 Å². The lowest BCUT2D eigenvalue weighted by molar-refractivity contribution is 0.112. The Kier molecular flexibility index (Phi) is 3.90. The van der Waals surface area contributed by atoms with E-state index in [-0.39, 0.29) is 0 Å². The first-order valence-electron chi connectivity index (χ1n) is 6.25. The molecule has 0 unspecified atom stereocenters. The van der Waals surface area contributed by atoms with E-state index in [9.17, 15) is 4.79 Å². The first kappa shape index (κ1) is 14.0. The maximum Gasteiger partial charge on any atom is 0.153 e. The summed E-state index contributed by atoms with van der Waals surface area (Å²) in [5.74, 6) is 0. The molecule has 104 valence electrons. The number of aldehydes is 1. The Balaban J connectivity index is 2.13. The van der Waals surface area contributed by atoms with Crippen molar-refractivity contribution in [3.8, 4) is 16.9 Å². The molecule has 1 aromatic heterocycles. The summed E-state index contributed by atoms with van der Waals surface area (Å²) in [7, 11) is 0. The van der Waals surface area contributed by atoms with Crippen LogP contribution in [0.1, 0.15) is 10.4 Å². The maximum absolute atomic E-state index is 11.3. The SMILES string of the molecule is O=Cc1cn(-c2ccccc2Br)nc1-c1ccc(Cl)cc1. The average Bonchev–Trinajstić information content (AvgIpc) is 2.92. The molecule has 5 heteroatoms. The molecule has 0 bridgehead atoms. The molecule has 0 fully saturated rings. The van der Waals surface area contributed by atoms with Crippen molar-refractivity contribution in [1.29, 1.82) is 0 Å². The van der Waals surface area contributed by atoms with Crippen molar-refractivity contribution < 1.29 is 4.79 Å². The van der Waals surface area contributed by atoms with Crippen LogP contribution in [0.5, 0.6) is 0 Å². The molecule has 3 aromatic rings. The topological polar surface area (TPSA) is 34.9 Å². The van der Waals surface area contributed by atoms with E-state index in [1.807, 2.05) is 36.4 Å². The fourth-order valence-electron chi connectivity index (χ4n) is 2.07. The number of nitrogens with zero attached hydrogens (tertiary/aromatic N) is 2. The molecule has 3 nitrogen and oxygen atoms in total. The molecular formula is C16H10BrClN2O. The number of hydrogen-bond acceptors (Lipinski definition) is 2. The lowest BCUT2D eigenvalue weighted by Crippen LogP contribution is -1.95. The second-order valence-corrected chi connectivity index (χ2v) is 5.74. The summed E-state index contributed by atoms with van der Waals surface area (Å²) in [6.45, 7) is 0. The van der Waals surface area contributed by atoms with E-state index >= 15 is 0 Å². The van der Waals surface area contributed by atoms with Crippen LogP contribution in [0.15, 0.2) is 59.2 Å². The van der Waals surface area contributed by atoms with E-state index in [1.54, 1.807) is 23.0 Å². The van der Waals surface area contributed by atoms with Crippen molar-refractivity contribution >= 4 is 33.8 Å². The normalized spacial score (nSPS) is 10.6. The van der Waals surface area contributed by atoms with Gasteiger partial charge in [-0.2, -0.15) is 5.10 Å². The number of hydrogen-bond donors (Lipinski definition) is 0. The number of rotatable bonds is 3. The van der Waals surface area contributed by atoms with Crippen molar-refractivity contribution in [2.24, 2.45) is 0 Å². The van der Waals surface area contributed by atoms with Gasteiger partial charge in [-0.3, -0.25) is 4.79 Å².